The first kappa shape index (κ1) is 25.4. The standard InChI is InChI=1S/C22H32N4O3S.HI/c1-23-22(25-17-10-13-26(14-11-17)19-6-5-15-30-19)24-12-9-16-7-8-18(27-2)21(29-4)20(16)28-3;/h5-8,15,17H,9-14H2,1-4H3,(H2,23,24,25);1H. The van der Waals surface area contributed by atoms with Crippen LogP contribution < -0.4 is 29.7 Å². The second-order valence-corrected chi connectivity index (χ2v) is 8.03. The summed E-state index contributed by atoms with van der Waals surface area (Å²) in [7, 11) is 6.71. The fraction of sp³-hybridized carbons (Fsp3) is 0.500. The zero-order valence-corrected chi connectivity index (χ0v) is 21.8. The molecule has 7 nitrogen and oxygen atoms in total. The topological polar surface area (TPSA) is 67.4 Å². The molecule has 0 atom stereocenters. The highest BCUT2D eigenvalue weighted by atomic mass is 127. The number of benzene rings is 1. The van der Waals surface area contributed by atoms with Crippen LogP contribution in [0.2, 0.25) is 0 Å². The van der Waals surface area contributed by atoms with E-state index in [2.05, 4.69) is 38.0 Å². The van der Waals surface area contributed by atoms with Crippen LogP contribution in [0.5, 0.6) is 17.2 Å². The van der Waals surface area contributed by atoms with Crippen molar-refractivity contribution in [1.29, 1.82) is 0 Å². The van der Waals surface area contributed by atoms with Gasteiger partial charge in [-0.2, -0.15) is 0 Å². The van der Waals surface area contributed by atoms with Gasteiger partial charge in [0.15, 0.2) is 17.5 Å². The van der Waals surface area contributed by atoms with Gasteiger partial charge in [-0.15, -0.1) is 35.3 Å². The minimum absolute atomic E-state index is 0. The van der Waals surface area contributed by atoms with Gasteiger partial charge in [0, 0.05) is 38.3 Å². The number of guanidine groups is 1. The predicted octanol–water partition coefficient (Wildman–Crippen LogP) is 3.77. The fourth-order valence-electron chi connectivity index (χ4n) is 3.76. The van der Waals surface area contributed by atoms with Crippen molar-refractivity contribution in [3.8, 4) is 17.2 Å². The first-order valence-corrected chi connectivity index (χ1v) is 11.1. The SMILES string of the molecule is CN=C(NCCc1ccc(OC)c(OC)c1OC)NC1CCN(c2cccs2)CC1.I. The Morgan fingerprint density at radius 3 is 2.42 bits per heavy atom. The van der Waals surface area contributed by atoms with Crippen LogP contribution in [-0.4, -0.2) is 60.0 Å². The van der Waals surface area contributed by atoms with E-state index < -0.39 is 0 Å². The Morgan fingerprint density at radius 2 is 1.84 bits per heavy atom. The monoisotopic (exact) mass is 560 g/mol. The second kappa shape index (κ2) is 12.8. The molecule has 3 rings (SSSR count). The van der Waals surface area contributed by atoms with Gasteiger partial charge in [-0.1, -0.05) is 6.07 Å². The lowest BCUT2D eigenvalue weighted by Gasteiger charge is -2.33. The van der Waals surface area contributed by atoms with E-state index in [9.17, 15) is 0 Å². The van der Waals surface area contributed by atoms with Gasteiger partial charge < -0.3 is 29.7 Å². The van der Waals surface area contributed by atoms with E-state index in [0.717, 1.165) is 50.4 Å². The van der Waals surface area contributed by atoms with Gasteiger partial charge in [-0.3, -0.25) is 4.99 Å². The zero-order chi connectivity index (χ0) is 21.3. The molecule has 31 heavy (non-hydrogen) atoms. The van der Waals surface area contributed by atoms with E-state index in [1.165, 1.54) is 5.00 Å². The number of hydrogen-bond acceptors (Lipinski definition) is 6. The van der Waals surface area contributed by atoms with Crippen molar-refractivity contribution < 1.29 is 14.2 Å². The van der Waals surface area contributed by atoms with Crippen LogP contribution in [0.15, 0.2) is 34.6 Å². The predicted molar refractivity (Wildman–Crippen MR) is 139 cm³/mol. The lowest BCUT2D eigenvalue weighted by Crippen LogP contribution is -2.49. The third kappa shape index (κ3) is 6.55. The fourth-order valence-corrected chi connectivity index (χ4v) is 4.54. The zero-order valence-electron chi connectivity index (χ0n) is 18.6. The summed E-state index contributed by atoms with van der Waals surface area (Å²) in [6.45, 7) is 2.87. The number of rotatable bonds is 8. The molecule has 0 spiro atoms. The summed E-state index contributed by atoms with van der Waals surface area (Å²) in [5.74, 6) is 2.83. The molecule has 0 unspecified atom stereocenters. The molecule has 1 fully saturated rings. The molecule has 0 amide bonds. The summed E-state index contributed by atoms with van der Waals surface area (Å²) < 4.78 is 16.4. The number of thiophene rings is 1. The highest BCUT2D eigenvalue weighted by molar-refractivity contribution is 14.0. The number of halogens is 1. The Bertz CT molecular complexity index is 824. The third-order valence-electron chi connectivity index (χ3n) is 5.35. The Hall–Kier alpha value is -1.88. The number of methoxy groups -OCH3 is 3. The Balaban J connectivity index is 0.00000341. The van der Waals surface area contributed by atoms with Crippen molar-refractivity contribution in [2.75, 3.05) is 52.9 Å². The minimum Gasteiger partial charge on any atom is -0.493 e. The molecule has 2 aromatic rings. The molecule has 1 aliphatic heterocycles. The molecule has 1 aliphatic rings. The highest BCUT2D eigenvalue weighted by Crippen LogP contribution is 2.39. The van der Waals surface area contributed by atoms with Gasteiger partial charge in [0.2, 0.25) is 5.75 Å². The van der Waals surface area contributed by atoms with Gasteiger partial charge in [0.1, 0.15) is 0 Å². The average molecular weight is 561 g/mol. The molecule has 1 aromatic heterocycles. The molecule has 0 radical (unpaired) electrons. The second-order valence-electron chi connectivity index (χ2n) is 7.10. The van der Waals surface area contributed by atoms with Crippen LogP contribution in [0, 0.1) is 0 Å². The van der Waals surface area contributed by atoms with Gasteiger partial charge >= 0.3 is 0 Å². The van der Waals surface area contributed by atoms with Crippen LogP contribution in [-0.2, 0) is 6.42 Å². The summed E-state index contributed by atoms with van der Waals surface area (Å²) in [6.07, 6.45) is 2.98. The summed E-state index contributed by atoms with van der Waals surface area (Å²) >= 11 is 1.81. The Labute approximate surface area is 206 Å². The summed E-state index contributed by atoms with van der Waals surface area (Å²) in [5, 5.41) is 10.5. The average Bonchev–Trinajstić information content (AvgIpc) is 3.33. The van der Waals surface area contributed by atoms with Crippen molar-refractivity contribution >= 4 is 46.3 Å². The van der Waals surface area contributed by atoms with E-state index in [0.29, 0.717) is 23.3 Å². The van der Waals surface area contributed by atoms with E-state index in [1.807, 2.05) is 30.5 Å². The molecular weight excluding hydrogens is 527 g/mol. The van der Waals surface area contributed by atoms with E-state index in [1.54, 1.807) is 21.3 Å². The largest absolute Gasteiger partial charge is 0.493 e. The number of ether oxygens (including phenoxy) is 3. The molecular formula is C22H33IN4O3S. The van der Waals surface area contributed by atoms with Crippen molar-refractivity contribution in [3.63, 3.8) is 0 Å². The lowest BCUT2D eigenvalue weighted by atomic mass is 10.1. The molecule has 1 saturated heterocycles. The van der Waals surface area contributed by atoms with Gasteiger partial charge in [-0.05, 0) is 42.8 Å². The minimum atomic E-state index is 0. The number of piperidine rings is 1. The van der Waals surface area contributed by atoms with Gasteiger partial charge in [0.25, 0.3) is 0 Å². The normalized spacial score (nSPS) is 14.6. The first-order valence-electron chi connectivity index (χ1n) is 10.2. The first-order chi connectivity index (χ1) is 14.7. The number of hydrogen-bond donors (Lipinski definition) is 2. The summed E-state index contributed by atoms with van der Waals surface area (Å²) in [5.41, 5.74) is 1.06. The highest BCUT2D eigenvalue weighted by Gasteiger charge is 2.21. The molecule has 1 aromatic carbocycles. The van der Waals surface area contributed by atoms with Crippen LogP contribution in [0.4, 0.5) is 5.00 Å². The van der Waals surface area contributed by atoms with Crippen molar-refractivity contribution in [3.05, 3.63) is 35.2 Å². The molecule has 0 bridgehead atoms. The van der Waals surface area contributed by atoms with E-state index in [-0.39, 0.29) is 24.0 Å². The van der Waals surface area contributed by atoms with Crippen molar-refractivity contribution in [2.24, 2.45) is 4.99 Å². The molecule has 0 saturated carbocycles. The number of nitrogens with zero attached hydrogens (tertiary/aromatic N) is 2. The van der Waals surface area contributed by atoms with Gasteiger partial charge in [0.05, 0.1) is 26.3 Å². The molecule has 2 N–H and O–H groups in total. The van der Waals surface area contributed by atoms with Crippen LogP contribution in [0.3, 0.4) is 0 Å². The third-order valence-corrected chi connectivity index (χ3v) is 6.28. The van der Waals surface area contributed by atoms with Crippen molar-refractivity contribution in [2.45, 2.75) is 25.3 Å². The van der Waals surface area contributed by atoms with Gasteiger partial charge in [-0.25, -0.2) is 0 Å². The summed E-state index contributed by atoms with van der Waals surface area (Å²) in [6, 6.07) is 8.66. The molecule has 2 heterocycles. The van der Waals surface area contributed by atoms with Crippen molar-refractivity contribution in [1.82, 2.24) is 10.6 Å². The smallest absolute Gasteiger partial charge is 0.203 e. The maximum Gasteiger partial charge on any atom is 0.203 e. The Morgan fingerprint density at radius 1 is 1.10 bits per heavy atom. The van der Waals surface area contributed by atoms with Crippen LogP contribution in [0.1, 0.15) is 18.4 Å². The number of anilines is 1. The van der Waals surface area contributed by atoms with E-state index in [4.69, 9.17) is 14.2 Å². The maximum atomic E-state index is 5.57. The summed E-state index contributed by atoms with van der Waals surface area (Å²) in [4.78, 5) is 6.85. The molecule has 9 heteroatoms. The molecule has 172 valence electrons. The quantitative estimate of drug-likeness (QED) is 0.291. The van der Waals surface area contributed by atoms with E-state index >= 15 is 0 Å². The maximum absolute atomic E-state index is 5.57. The van der Waals surface area contributed by atoms with Crippen LogP contribution >= 0.6 is 35.3 Å². The number of aliphatic imine (C=N–C) groups is 1. The number of nitrogens with one attached hydrogen (secondary N) is 2. The van der Waals surface area contributed by atoms with Crippen LogP contribution in [0.25, 0.3) is 0 Å². The molecule has 0 aliphatic carbocycles. The lowest BCUT2D eigenvalue weighted by molar-refractivity contribution is 0.322. The Kier molecular flexibility index (Phi) is 10.5.